The van der Waals surface area contributed by atoms with Crippen molar-refractivity contribution in [3.05, 3.63) is 84.9 Å². The first-order valence-electron chi connectivity index (χ1n) is 9.50. The van der Waals surface area contributed by atoms with Crippen LogP contribution >= 0.6 is 11.8 Å². The van der Waals surface area contributed by atoms with Crippen molar-refractivity contribution in [3.63, 3.8) is 0 Å². The van der Waals surface area contributed by atoms with Gasteiger partial charge in [0.1, 0.15) is 16.6 Å². The van der Waals surface area contributed by atoms with Crippen LogP contribution in [0.25, 0.3) is 22.6 Å². The molecule has 3 aromatic carbocycles. The van der Waals surface area contributed by atoms with Gasteiger partial charge >= 0.3 is 0 Å². The van der Waals surface area contributed by atoms with Gasteiger partial charge in [-0.1, -0.05) is 60.3 Å². The van der Waals surface area contributed by atoms with E-state index in [0.717, 1.165) is 39.1 Å². The summed E-state index contributed by atoms with van der Waals surface area (Å²) >= 11 is 1.41. The predicted molar refractivity (Wildman–Crippen MR) is 122 cm³/mol. The summed E-state index contributed by atoms with van der Waals surface area (Å²) in [5, 5.41) is 3.69. The molecule has 1 amide bonds. The fourth-order valence-electron chi connectivity index (χ4n) is 3.00. The van der Waals surface area contributed by atoms with E-state index in [1.54, 1.807) is 7.11 Å². The number of hydrogen-bond acceptors (Lipinski definition) is 4. The number of para-hydroxylation sites is 1. The minimum Gasteiger partial charge on any atom is -0.497 e. The summed E-state index contributed by atoms with van der Waals surface area (Å²) in [6.07, 6.45) is 0. The van der Waals surface area contributed by atoms with Gasteiger partial charge in [0, 0.05) is 16.8 Å². The Kier molecular flexibility index (Phi) is 6.15. The van der Waals surface area contributed by atoms with Crippen LogP contribution in [0.3, 0.4) is 0 Å². The van der Waals surface area contributed by atoms with E-state index in [9.17, 15) is 4.79 Å². The summed E-state index contributed by atoms with van der Waals surface area (Å²) in [5.41, 5.74) is 3.64. The second kappa shape index (κ2) is 9.33. The van der Waals surface area contributed by atoms with E-state index in [2.05, 4.69) is 10.3 Å². The molecule has 0 aliphatic heterocycles. The Labute approximate surface area is 179 Å². The molecule has 0 unspecified atom stereocenters. The molecule has 4 rings (SSSR count). The lowest BCUT2D eigenvalue weighted by Crippen LogP contribution is -2.13. The zero-order valence-corrected chi connectivity index (χ0v) is 17.3. The molecule has 4 aromatic rings. The number of ether oxygens (including phenoxy) is 1. The van der Waals surface area contributed by atoms with Crippen LogP contribution in [-0.4, -0.2) is 28.7 Å². The van der Waals surface area contributed by atoms with Gasteiger partial charge < -0.3 is 15.0 Å². The predicted octanol–water partition coefficient (Wildman–Crippen LogP) is 5.48. The van der Waals surface area contributed by atoms with Crippen LogP contribution in [0.1, 0.15) is 0 Å². The van der Waals surface area contributed by atoms with Crippen LogP contribution in [0.5, 0.6) is 5.75 Å². The fraction of sp³-hybridized carbons (Fsp3) is 0.0833. The highest BCUT2D eigenvalue weighted by Crippen LogP contribution is 2.33. The van der Waals surface area contributed by atoms with E-state index in [1.807, 2.05) is 84.9 Å². The lowest BCUT2D eigenvalue weighted by atomic mass is 10.1. The Balaban J connectivity index is 1.58. The van der Waals surface area contributed by atoms with Gasteiger partial charge in [0.15, 0.2) is 0 Å². The minimum atomic E-state index is -0.0730. The van der Waals surface area contributed by atoms with Gasteiger partial charge in [-0.3, -0.25) is 4.79 Å². The number of imidazole rings is 1. The molecule has 30 heavy (non-hydrogen) atoms. The SMILES string of the molecule is COc1ccc(-c2[nH]c(-c3ccccc3)nc2SCC(=O)Nc2ccccc2)cc1. The average molecular weight is 416 g/mol. The number of H-pyrrole nitrogens is 1. The highest BCUT2D eigenvalue weighted by Gasteiger charge is 2.16. The van der Waals surface area contributed by atoms with E-state index in [1.165, 1.54) is 11.8 Å². The number of carbonyl (C=O) groups is 1. The van der Waals surface area contributed by atoms with Crippen molar-refractivity contribution in [2.75, 3.05) is 18.2 Å². The number of thioether (sulfide) groups is 1. The van der Waals surface area contributed by atoms with Crippen molar-refractivity contribution in [3.8, 4) is 28.4 Å². The molecule has 0 atom stereocenters. The highest BCUT2D eigenvalue weighted by molar-refractivity contribution is 8.00. The molecule has 0 aliphatic rings. The smallest absolute Gasteiger partial charge is 0.234 e. The Bertz CT molecular complexity index is 1110. The Hall–Kier alpha value is -3.51. The summed E-state index contributed by atoms with van der Waals surface area (Å²) in [6, 6.07) is 27.2. The third kappa shape index (κ3) is 4.72. The fourth-order valence-corrected chi connectivity index (χ4v) is 3.81. The summed E-state index contributed by atoms with van der Waals surface area (Å²) in [6.45, 7) is 0. The first-order valence-corrected chi connectivity index (χ1v) is 10.5. The van der Waals surface area contributed by atoms with Crippen molar-refractivity contribution in [2.24, 2.45) is 0 Å². The van der Waals surface area contributed by atoms with E-state index < -0.39 is 0 Å². The molecule has 5 nitrogen and oxygen atoms in total. The first-order chi connectivity index (χ1) is 14.7. The van der Waals surface area contributed by atoms with Crippen LogP contribution in [0.4, 0.5) is 5.69 Å². The second-order valence-corrected chi connectivity index (χ2v) is 7.53. The summed E-state index contributed by atoms with van der Waals surface area (Å²) in [7, 11) is 1.64. The van der Waals surface area contributed by atoms with Crippen molar-refractivity contribution in [1.82, 2.24) is 9.97 Å². The molecular weight excluding hydrogens is 394 g/mol. The van der Waals surface area contributed by atoms with E-state index in [-0.39, 0.29) is 11.7 Å². The maximum atomic E-state index is 12.4. The van der Waals surface area contributed by atoms with Crippen molar-refractivity contribution in [1.29, 1.82) is 0 Å². The van der Waals surface area contributed by atoms with Gasteiger partial charge in [0.25, 0.3) is 0 Å². The van der Waals surface area contributed by atoms with E-state index in [0.29, 0.717) is 0 Å². The molecule has 1 aromatic heterocycles. The van der Waals surface area contributed by atoms with Crippen LogP contribution in [-0.2, 0) is 4.79 Å². The molecule has 0 fully saturated rings. The molecule has 0 spiro atoms. The minimum absolute atomic E-state index is 0.0730. The summed E-state index contributed by atoms with van der Waals surface area (Å²) in [5.74, 6) is 1.75. The van der Waals surface area contributed by atoms with Gasteiger partial charge in [-0.05, 0) is 36.4 Å². The molecule has 0 saturated carbocycles. The van der Waals surface area contributed by atoms with E-state index in [4.69, 9.17) is 9.72 Å². The van der Waals surface area contributed by atoms with E-state index >= 15 is 0 Å². The molecule has 0 aliphatic carbocycles. The number of aromatic nitrogens is 2. The third-order valence-electron chi connectivity index (χ3n) is 4.49. The number of methoxy groups -OCH3 is 1. The van der Waals surface area contributed by atoms with Crippen molar-refractivity contribution < 1.29 is 9.53 Å². The molecular formula is C24H21N3O2S. The molecule has 0 radical (unpaired) electrons. The molecule has 1 heterocycles. The lowest BCUT2D eigenvalue weighted by molar-refractivity contribution is -0.113. The van der Waals surface area contributed by atoms with Crippen LogP contribution in [0.2, 0.25) is 0 Å². The summed E-state index contributed by atoms with van der Waals surface area (Å²) < 4.78 is 5.26. The molecule has 150 valence electrons. The standard InChI is InChI=1S/C24H21N3O2S/c1-29-20-14-12-17(13-15-20)22-24(27-23(26-22)18-8-4-2-5-9-18)30-16-21(28)25-19-10-6-3-7-11-19/h2-15H,16H2,1H3,(H,25,28)(H,26,27). The molecule has 6 heteroatoms. The number of anilines is 1. The normalized spacial score (nSPS) is 10.6. The number of hydrogen-bond donors (Lipinski definition) is 2. The Morgan fingerprint density at radius 3 is 2.27 bits per heavy atom. The van der Waals surface area contributed by atoms with Gasteiger partial charge in [-0.2, -0.15) is 0 Å². The van der Waals surface area contributed by atoms with Crippen LogP contribution < -0.4 is 10.1 Å². The highest BCUT2D eigenvalue weighted by atomic mass is 32.2. The third-order valence-corrected chi connectivity index (χ3v) is 5.47. The van der Waals surface area contributed by atoms with Crippen LogP contribution in [0, 0.1) is 0 Å². The maximum absolute atomic E-state index is 12.4. The number of rotatable bonds is 7. The zero-order chi connectivity index (χ0) is 20.8. The first kappa shape index (κ1) is 19.8. The average Bonchev–Trinajstić information content (AvgIpc) is 3.23. The Morgan fingerprint density at radius 2 is 1.60 bits per heavy atom. The number of benzene rings is 3. The van der Waals surface area contributed by atoms with Crippen LogP contribution in [0.15, 0.2) is 90.0 Å². The number of aromatic amines is 1. The number of nitrogens with one attached hydrogen (secondary N) is 2. The summed E-state index contributed by atoms with van der Waals surface area (Å²) in [4.78, 5) is 20.6. The van der Waals surface area contributed by atoms with Gasteiger partial charge in [-0.15, -0.1) is 0 Å². The molecule has 0 saturated heterocycles. The molecule has 0 bridgehead atoms. The van der Waals surface area contributed by atoms with Crippen molar-refractivity contribution in [2.45, 2.75) is 5.03 Å². The number of amides is 1. The number of carbonyl (C=O) groups excluding carboxylic acids is 1. The van der Waals surface area contributed by atoms with Gasteiger partial charge in [0.05, 0.1) is 18.6 Å². The van der Waals surface area contributed by atoms with Gasteiger partial charge in [-0.25, -0.2) is 4.98 Å². The monoisotopic (exact) mass is 415 g/mol. The maximum Gasteiger partial charge on any atom is 0.234 e. The zero-order valence-electron chi connectivity index (χ0n) is 16.5. The topological polar surface area (TPSA) is 67.0 Å². The quantitative estimate of drug-likeness (QED) is 0.392. The Morgan fingerprint density at radius 1 is 0.933 bits per heavy atom. The lowest BCUT2D eigenvalue weighted by Gasteiger charge is -2.06. The van der Waals surface area contributed by atoms with Gasteiger partial charge in [0.2, 0.25) is 5.91 Å². The molecule has 2 N–H and O–H groups in total. The largest absolute Gasteiger partial charge is 0.497 e. The number of nitrogens with zero attached hydrogens (tertiary/aromatic N) is 1. The second-order valence-electron chi connectivity index (χ2n) is 6.56. The van der Waals surface area contributed by atoms with Crippen molar-refractivity contribution >= 4 is 23.4 Å².